The molecule has 2 aliphatic heterocycles. The smallest absolute Gasteiger partial charge is 0.248 e. The number of ketones is 1. The summed E-state index contributed by atoms with van der Waals surface area (Å²) in [4.78, 5) is 23.1. The topological polar surface area (TPSA) is 92.8 Å². The van der Waals surface area contributed by atoms with Crippen LogP contribution in [0.25, 0.3) is 0 Å². The van der Waals surface area contributed by atoms with E-state index >= 15 is 0 Å². The number of amides is 1. The van der Waals surface area contributed by atoms with Gasteiger partial charge in [0.15, 0.2) is 5.78 Å². The van der Waals surface area contributed by atoms with Gasteiger partial charge in [0.1, 0.15) is 12.3 Å². The number of rotatable bonds is 4. The van der Waals surface area contributed by atoms with E-state index in [0.29, 0.717) is 24.8 Å². The molecule has 0 aromatic heterocycles. The molecule has 3 rings (SSSR count). The Morgan fingerprint density at radius 3 is 2.38 bits per heavy atom. The number of hydrogen-bond donors (Lipinski definition) is 1. The molecule has 0 bridgehead atoms. The van der Waals surface area contributed by atoms with Crippen molar-refractivity contribution in [2.45, 2.75) is 36.8 Å². The summed E-state index contributed by atoms with van der Waals surface area (Å²) < 4.78 is 32.3. The lowest BCUT2D eigenvalue weighted by Gasteiger charge is -2.37. The number of nitrogens with one attached hydrogen (secondary N) is 1. The number of Topliss-reactive ketones (excluding diaryl/α,β-unsaturated/α-hetero) is 1. The maximum Gasteiger partial charge on any atom is 0.248 e. The first-order valence-corrected chi connectivity index (χ1v) is 9.39. The molecule has 0 saturated carbocycles. The number of hydrogen-bond acceptors (Lipinski definition) is 5. The van der Waals surface area contributed by atoms with Crippen LogP contribution in [0.5, 0.6) is 0 Å². The van der Waals surface area contributed by atoms with Gasteiger partial charge in [-0.3, -0.25) is 9.59 Å². The zero-order valence-corrected chi connectivity index (χ0v) is 14.3. The van der Waals surface area contributed by atoms with Crippen LogP contribution in [-0.4, -0.2) is 49.8 Å². The van der Waals surface area contributed by atoms with Crippen LogP contribution in [0.2, 0.25) is 0 Å². The van der Waals surface area contributed by atoms with Crippen LogP contribution in [0.4, 0.5) is 0 Å². The summed E-state index contributed by atoms with van der Waals surface area (Å²) in [6.07, 6.45) is 1.22. The molecule has 1 amide bonds. The number of carbonyl (C=O) groups is 2. The minimum Gasteiger partial charge on any atom is -0.346 e. The van der Waals surface area contributed by atoms with Gasteiger partial charge >= 0.3 is 0 Å². The first kappa shape index (κ1) is 17.1. The second kappa shape index (κ2) is 6.27. The summed E-state index contributed by atoms with van der Waals surface area (Å²) in [6.45, 7) is 2.34. The van der Waals surface area contributed by atoms with Gasteiger partial charge in [-0.05, 0) is 12.1 Å². The largest absolute Gasteiger partial charge is 0.346 e. The fourth-order valence-electron chi connectivity index (χ4n) is 3.05. The molecule has 130 valence electrons. The number of carbonyl (C=O) groups excluding carboxylic acids is 2. The highest BCUT2D eigenvalue weighted by Crippen LogP contribution is 2.30. The van der Waals surface area contributed by atoms with E-state index in [9.17, 15) is 18.0 Å². The predicted octanol–water partition coefficient (Wildman–Crippen LogP) is 0.906. The molecule has 2 heterocycles. The van der Waals surface area contributed by atoms with Crippen LogP contribution in [0.15, 0.2) is 29.2 Å². The second-order valence-corrected chi connectivity index (χ2v) is 7.97. The molecule has 1 spiro atoms. The van der Waals surface area contributed by atoms with E-state index in [2.05, 4.69) is 5.32 Å². The third-order valence-corrected chi connectivity index (χ3v) is 6.42. The molecule has 24 heavy (non-hydrogen) atoms. The quantitative estimate of drug-likeness (QED) is 0.813. The maximum atomic E-state index is 12.7. The molecule has 0 atom stereocenters. The fraction of sp³-hybridized carbons (Fsp3) is 0.500. The molecular weight excluding hydrogens is 332 g/mol. The molecular formula is C16H20N2O5S. The average molecular weight is 352 g/mol. The molecule has 1 aromatic rings. The third kappa shape index (κ3) is 3.09. The summed E-state index contributed by atoms with van der Waals surface area (Å²) in [5, 5.41) is 2.79. The van der Waals surface area contributed by atoms with Gasteiger partial charge in [0, 0.05) is 37.9 Å². The molecule has 0 radical (unpaired) electrons. The molecule has 7 nitrogen and oxygen atoms in total. The minimum absolute atomic E-state index is 0.0204. The van der Waals surface area contributed by atoms with Crippen molar-refractivity contribution in [2.75, 3.05) is 19.7 Å². The lowest BCUT2D eigenvalue weighted by molar-refractivity contribution is -0.119. The minimum atomic E-state index is -3.62. The van der Waals surface area contributed by atoms with E-state index < -0.39 is 15.7 Å². The van der Waals surface area contributed by atoms with Crippen molar-refractivity contribution in [2.24, 2.45) is 0 Å². The Kier molecular flexibility index (Phi) is 4.46. The van der Waals surface area contributed by atoms with Gasteiger partial charge in [0.25, 0.3) is 0 Å². The predicted molar refractivity (Wildman–Crippen MR) is 85.9 cm³/mol. The molecule has 2 fully saturated rings. The van der Waals surface area contributed by atoms with Crippen molar-refractivity contribution in [3.8, 4) is 0 Å². The molecule has 1 N–H and O–H groups in total. The Labute approximate surface area is 141 Å². The van der Waals surface area contributed by atoms with Crippen LogP contribution in [0.3, 0.4) is 0 Å². The number of benzene rings is 1. The highest BCUT2D eigenvalue weighted by molar-refractivity contribution is 7.89. The van der Waals surface area contributed by atoms with Crippen molar-refractivity contribution >= 4 is 21.7 Å². The van der Waals surface area contributed by atoms with Gasteiger partial charge in [-0.15, -0.1) is 0 Å². The first-order valence-electron chi connectivity index (χ1n) is 7.95. The summed E-state index contributed by atoms with van der Waals surface area (Å²) in [5.74, 6) is -0.185. The highest BCUT2D eigenvalue weighted by atomic mass is 32.2. The van der Waals surface area contributed by atoms with Gasteiger partial charge in [-0.2, -0.15) is 4.31 Å². The molecule has 1 aromatic carbocycles. The summed E-state index contributed by atoms with van der Waals surface area (Å²) in [7, 11) is -3.62. The third-order valence-electron chi connectivity index (χ3n) is 4.51. The van der Waals surface area contributed by atoms with Crippen LogP contribution < -0.4 is 5.32 Å². The van der Waals surface area contributed by atoms with Crippen LogP contribution in [0, 0.1) is 0 Å². The highest BCUT2D eigenvalue weighted by Gasteiger charge is 2.43. The summed E-state index contributed by atoms with van der Waals surface area (Å²) in [5.41, 5.74) is -0.211. The van der Waals surface area contributed by atoms with Gasteiger partial charge in [-0.25, -0.2) is 8.42 Å². The zero-order valence-electron chi connectivity index (χ0n) is 13.4. The SMILES string of the molecule is CCC(=O)c1ccc(S(=O)(=O)N2CCC3(CC2)NC(=O)CO3)cc1. The van der Waals surface area contributed by atoms with Crippen molar-refractivity contribution in [3.63, 3.8) is 0 Å². The van der Waals surface area contributed by atoms with Crippen molar-refractivity contribution < 1.29 is 22.7 Å². The van der Waals surface area contributed by atoms with Crippen molar-refractivity contribution in [1.82, 2.24) is 9.62 Å². The Bertz CT molecular complexity index is 749. The molecule has 2 aliphatic rings. The van der Waals surface area contributed by atoms with E-state index in [-0.39, 0.29) is 36.3 Å². The van der Waals surface area contributed by atoms with Gasteiger partial charge in [0.2, 0.25) is 15.9 Å². The van der Waals surface area contributed by atoms with Crippen molar-refractivity contribution in [1.29, 1.82) is 0 Å². The molecule has 0 aliphatic carbocycles. The number of ether oxygens (including phenoxy) is 1. The standard InChI is InChI=1S/C16H20N2O5S/c1-2-14(19)12-3-5-13(6-4-12)24(21,22)18-9-7-16(8-10-18)17-15(20)11-23-16/h3-6H,2,7-11H2,1H3,(H,17,20). The van der Waals surface area contributed by atoms with E-state index in [0.717, 1.165) is 0 Å². The number of nitrogens with zero attached hydrogens (tertiary/aromatic N) is 1. The molecule has 0 unspecified atom stereocenters. The summed E-state index contributed by atoms with van der Waals surface area (Å²) >= 11 is 0. The molecule has 8 heteroatoms. The Balaban J connectivity index is 1.72. The van der Waals surface area contributed by atoms with Gasteiger partial charge in [0.05, 0.1) is 4.90 Å². The average Bonchev–Trinajstić information content (AvgIpc) is 2.95. The number of piperidine rings is 1. The maximum absolute atomic E-state index is 12.7. The first-order chi connectivity index (χ1) is 11.4. The van der Waals surface area contributed by atoms with Gasteiger partial charge in [-0.1, -0.05) is 19.1 Å². The second-order valence-electron chi connectivity index (χ2n) is 6.04. The lowest BCUT2D eigenvalue weighted by atomic mass is 10.0. The summed E-state index contributed by atoms with van der Waals surface area (Å²) in [6, 6.07) is 6.03. The lowest BCUT2D eigenvalue weighted by Crippen LogP contribution is -2.52. The fourth-order valence-corrected chi connectivity index (χ4v) is 4.49. The monoisotopic (exact) mass is 352 g/mol. The Hall–Kier alpha value is -1.77. The van der Waals surface area contributed by atoms with Crippen LogP contribution in [-0.2, 0) is 19.6 Å². The van der Waals surface area contributed by atoms with E-state index in [1.165, 1.54) is 16.4 Å². The van der Waals surface area contributed by atoms with Crippen LogP contribution >= 0.6 is 0 Å². The van der Waals surface area contributed by atoms with Crippen molar-refractivity contribution in [3.05, 3.63) is 29.8 Å². The molecule has 2 saturated heterocycles. The van der Waals surface area contributed by atoms with Gasteiger partial charge < -0.3 is 10.1 Å². The number of sulfonamides is 1. The van der Waals surface area contributed by atoms with E-state index in [4.69, 9.17) is 4.74 Å². The van der Waals surface area contributed by atoms with Crippen LogP contribution in [0.1, 0.15) is 36.5 Å². The normalized spacial score (nSPS) is 21.0. The van der Waals surface area contributed by atoms with E-state index in [1.54, 1.807) is 19.1 Å². The van der Waals surface area contributed by atoms with E-state index in [1.807, 2.05) is 0 Å². The Morgan fingerprint density at radius 2 is 1.88 bits per heavy atom. The zero-order chi connectivity index (χ0) is 17.4. The Morgan fingerprint density at radius 1 is 1.25 bits per heavy atom.